The summed E-state index contributed by atoms with van der Waals surface area (Å²) in [5, 5.41) is 12.8. The van der Waals surface area contributed by atoms with Crippen molar-refractivity contribution in [1.82, 2.24) is 5.32 Å². The van der Waals surface area contributed by atoms with E-state index in [0.717, 1.165) is 23.8 Å². The van der Waals surface area contributed by atoms with Gasteiger partial charge in [0, 0.05) is 12.5 Å². The fourth-order valence-corrected chi connectivity index (χ4v) is 2.93. The molecule has 1 amide bonds. The fraction of sp³-hybridized carbons (Fsp3) is 0.316. The van der Waals surface area contributed by atoms with Crippen LogP contribution in [0.1, 0.15) is 36.0 Å². The zero-order valence-corrected chi connectivity index (χ0v) is 13.1. The number of rotatable bonds is 6. The molecule has 0 saturated heterocycles. The average Bonchev–Trinajstić information content (AvgIpc) is 3.38. The topological polar surface area (TPSA) is 49.3 Å². The van der Waals surface area contributed by atoms with Gasteiger partial charge in [-0.05, 0) is 48.1 Å². The van der Waals surface area contributed by atoms with Crippen LogP contribution >= 0.6 is 0 Å². The number of benzene rings is 2. The first-order valence-electron chi connectivity index (χ1n) is 8.02. The summed E-state index contributed by atoms with van der Waals surface area (Å²) in [7, 11) is 0. The number of nitrogens with one attached hydrogen (secondary N) is 1. The third-order valence-electron chi connectivity index (χ3n) is 4.39. The molecule has 0 heterocycles. The zero-order valence-electron chi connectivity index (χ0n) is 13.1. The minimum Gasteiger partial charge on any atom is -0.388 e. The lowest BCUT2D eigenvalue weighted by Crippen LogP contribution is -2.27. The Balaban J connectivity index is 1.48. The summed E-state index contributed by atoms with van der Waals surface area (Å²) >= 11 is 0. The molecule has 24 heavy (non-hydrogen) atoms. The quantitative estimate of drug-likeness (QED) is 0.853. The second kappa shape index (κ2) is 7.09. The Morgan fingerprint density at radius 1 is 1.21 bits per heavy atom. The highest BCUT2D eigenvalue weighted by Gasteiger charge is 2.45. The van der Waals surface area contributed by atoms with Crippen molar-refractivity contribution in [1.29, 1.82) is 0 Å². The fourth-order valence-electron chi connectivity index (χ4n) is 2.93. The first-order valence-corrected chi connectivity index (χ1v) is 8.02. The molecule has 1 saturated carbocycles. The molecule has 3 atom stereocenters. The van der Waals surface area contributed by atoms with Crippen molar-refractivity contribution in [3.05, 3.63) is 71.3 Å². The highest BCUT2D eigenvalue weighted by molar-refractivity contribution is 5.82. The molecule has 3 unspecified atom stereocenters. The molecule has 3 rings (SSSR count). The number of aliphatic hydroxyl groups is 1. The van der Waals surface area contributed by atoms with Crippen LogP contribution in [-0.4, -0.2) is 17.6 Å². The minimum absolute atomic E-state index is 0.177. The Hall–Kier alpha value is -2.27. The van der Waals surface area contributed by atoms with Crippen LogP contribution in [0.3, 0.4) is 0 Å². The molecule has 0 radical (unpaired) electrons. The Bertz CT molecular complexity index is 721. The Labute approximate surface area is 139 Å². The second-order valence-electron chi connectivity index (χ2n) is 6.12. The molecule has 1 aliphatic rings. The van der Waals surface area contributed by atoms with Crippen LogP contribution in [0.5, 0.6) is 0 Å². The molecule has 0 aromatic heterocycles. The van der Waals surface area contributed by atoms with Crippen molar-refractivity contribution in [2.45, 2.75) is 24.9 Å². The number of amides is 1. The van der Waals surface area contributed by atoms with Crippen molar-refractivity contribution in [3.63, 3.8) is 0 Å². The second-order valence-corrected chi connectivity index (χ2v) is 6.12. The number of halogens is 2. The van der Waals surface area contributed by atoms with E-state index in [9.17, 15) is 18.7 Å². The summed E-state index contributed by atoms with van der Waals surface area (Å²) in [5.74, 6) is -1.74. The van der Waals surface area contributed by atoms with Crippen LogP contribution in [-0.2, 0) is 4.79 Å². The van der Waals surface area contributed by atoms with Gasteiger partial charge in [-0.25, -0.2) is 8.78 Å². The summed E-state index contributed by atoms with van der Waals surface area (Å²) in [6.45, 7) is 0.337. The summed E-state index contributed by atoms with van der Waals surface area (Å²) in [4.78, 5) is 12.1. The summed E-state index contributed by atoms with van der Waals surface area (Å²) < 4.78 is 26.9. The molecule has 5 heteroatoms. The number of hydrogen-bond acceptors (Lipinski definition) is 2. The average molecular weight is 331 g/mol. The van der Waals surface area contributed by atoms with Crippen molar-refractivity contribution in [2.24, 2.45) is 5.92 Å². The van der Waals surface area contributed by atoms with Crippen LogP contribution in [0.15, 0.2) is 48.5 Å². The Morgan fingerprint density at radius 3 is 2.71 bits per heavy atom. The van der Waals surface area contributed by atoms with Crippen molar-refractivity contribution >= 4 is 5.91 Å². The monoisotopic (exact) mass is 331 g/mol. The van der Waals surface area contributed by atoms with Gasteiger partial charge < -0.3 is 10.4 Å². The molecule has 1 fully saturated rings. The van der Waals surface area contributed by atoms with Gasteiger partial charge in [0.05, 0.1) is 6.10 Å². The van der Waals surface area contributed by atoms with E-state index < -0.39 is 17.7 Å². The minimum atomic E-state index is -0.637. The number of carbonyl (C=O) groups is 1. The van der Waals surface area contributed by atoms with E-state index in [2.05, 4.69) is 5.32 Å². The van der Waals surface area contributed by atoms with Gasteiger partial charge in [0.15, 0.2) is 0 Å². The first-order chi connectivity index (χ1) is 11.6. The molecule has 126 valence electrons. The maximum Gasteiger partial charge on any atom is 0.223 e. The van der Waals surface area contributed by atoms with E-state index in [0.29, 0.717) is 19.4 Å². The smallest absolute Gasteiger partial charge is 0.223 e. The lowest BCUT2D eigenvalue weighted by atomic mass is 10.1. The largest absolute Gasteiger partial charge is 0.388 e. The first kappa shape index (κ1) is 16.6. The normalized spacial score (nSPS) is 20.5. The van der Waals surface area contributed by atoms with Gasteiger partial charge >= 0.3 is 0 Å². The lowest BCUT2D eigenvalue weighted by molar-refractivity contribution is -0.122. The van der Waals surface area contributed by atoms with Crippen molar-refractivity contribution in [3.8, 4) is 0 Å². The van der Waals surface area contributed by atoms with Gasteiger partial charge in [0.2, 0.25) is 5.91 Å². The molecule has 0 bridgehead atoms. The molecule has 2 aromatic carbocycles. The predicted octanol–water partition coefficient (Wildman–Crippen LogP) is 3.31. The van der Waals surface area contributed by atoms with E-state index in [-0.39, 0.29) is 23.3 Å². The van der Waals surface area contributed by atoms with Crippen molar-refractivity contribution in [2.75, 3.05) is 6.54 Å². The van der Waals surface area contributed by atoms with Crippen LogP contribution in [0, 0.1) is 17.6 Å². The molecular weight excluding hydrogens is 312 g/mol. The van der Waals surface area contributed by atoms with E-state index >= 15 is 0 Å². The van der Waals surface area contributed by atoms with Crippen LogP contribution in [0.2, 0.25) is 0 Å². The van der Waals surface area contributed by atoms with Gasteiger partial charge in [0.1, 0.15) is 11.6 Å². The van der Waals surface area contributed by atoms with Gasteiger partial charge in [-0.2, -0.15) is 0 Å². The van der Waals surface area contributed by atoms with Crippen LogP contribution in [0.4, 0.5) is 8.78 Å². The molecular formula is C19H19F2NO2. The predicted molar refractivity (Wildman–Crippen MR) is 86.2 cm³/mol. The number of aliphatic hydroxyl groups excluding tert-OH is 1. The van der Waals surface area contributed by atoms with Gasteiger partial charge in [-0.1, -0.05) is 30.3 Å². The maximum absolute atomic E-state index is 13.7. The summed E-state index contributed by atoms with van der Waals surface area (Å²) in [6, 6.07) is 12.5. The molecule has 0 aliphatic heterocycles. The molecule has 3 nitrogen and oxygen atoms in total. The van der Waals surface area contributed by atoms with Crippen LogP contribution < -0.4 is 5.32 Å². The molecule has 0 spiro atoms. The highest BCUT2D eigenvalue weighted by atomic mass is 19.1. The van der Waals surface area contributed by atoms with Gasteiger partial charge in [-0.15, -0.1) is 0 Å². The van der Waals surface area contributed by atoms with E-state index in [1.165, 1.54) is 0 Å². The summed E-state index contributed by atoms with van der Waals surface area (Å²) in [5.41, 5.74) is 1.07. The van der Waals surface area contributed by atoms with Crippen molar-refractivity contribution < 1.29 is 18.7 Å². The molecule has 1 aliphatic carbocycles. The highest BCUT2D eigenvalue weighted by Crippen LogP contribution is 2.48. The summed E-state index contributed by atoms with van der Waals surface area (Å²) in [6.07, 6.45) is 0.289. The zero-order chi connectivity index (χ0) is 17.1. The SMILES string of the molecule is O=C(NCCC(O)c1ccccc1)C1CC1c1cc(F)ccc1F. The Kier molecular flexibility index (Phi) is 4.90. The van der Waals surface area contributed by atoms with Gasteiger partial charge in [-0.3, -0.25) is 4.79 Å². The van der Waals surface area contributed by atoms with Gasteiger partial charge in [0.25, 0.3) is 0 Å². The van der Waals surface area contributed by atoms with Crippen LogP contribution in [0.25, 0.3) is 0 Å². The Morgan fingerprint density at radius 2 is 1.96 bits per heavy atom. The van der Waals surface area contributed by atoms with E-state index in [1.807, 2.05) is 30.3 Å². The number of carbonyl (C=O) groups excluding carboxylic acids is 1. The standard InChI is InChI=1S/C19H19F2NO2/c20-13-6-7-17(21)15(10-13)14-11-16(14)19(24)22-9-8-18(23)12-4-2-1-3-5-12/h1-7,10,14,16,18,23H,8-9,11H2,(H,22,24). The lowest BCUT2D eigenvalue weighted by Gasteiger charge is -2.11. The number of hydrogen-bond donors (Lipinski definition) is 2. The third-order valence-corrected chi connectivity index (χ3v) is 4.39. The van der Waals surface area contributed by atoms with E-state index in [1.54, 1.807) is 0 Å². The maximum atomic E-state index is 13.7. The molecule has 2 aromatic rings. The van der Waals surface area contributed by atoms with E-state index in [4.69, 9.17) is 0 Å². The molecule has 2 N–H and O–H groups in total. The third kappa shape index (κ3) is 3.79.